The van der Waals surface area contributed by atoms with Crippen molar-refractivity contribution in [3.05, 3.63) is 35.0 Å². The predicted octanol–water partition coefficient (Wildman–Crippen LogP) is 1.55. The molecule has 2 heterocycles. The molecule has 0 unspecified atom stereocenters. The maximum Gasteiger partial charge on any atom is 0.275 e. The van der Waals surface area contributed by atoms with Gasteiger partial charge in [-0.15, -0.1) is 0 Å². The second-order valence-electron chi connectivity index (χ2n) is 4.50. The van der Waals surface area contributed by atoms with E-state index in [-0.39, 0.29) is 11.1 Å². The molecule has 0 aliphatic heterocycles. The summed E-state index contributed by atoms with van der Waals surface area (Å²) in [6.45, 7) is 5.86. The summed E-state index contributed by atoms with van der Waals surface area (Å²) in [6, 6.07) is 1.72. The van der Waals surface area contributed by atoms with E-state index in [0.717, 1.165) is 5.39 Å². The fraction of sp³-hybridized carbons (Fsp3) is 0.364. The van der Waals surface area contributed by atoms with Crippen molar-refractivity contribution in [1.82, 2.24) is 14.8 Å². The minimum absolute atomic E-state index is 0.0672. The van der Waals surface area contributed by atoms with Crippen molar-refractivity contribution in [1.29, 1.82) is 0 Å². The average molecular weight is 203 g/mol. The molecule has 4 nitrogen and oxygen atoms in total. The number of aromatic nitrogens is 3. The molecule has 0 spiro atoms. The third-order valence-corrected chi connectivity index (χ3v) is 2.22. The molecule has 0 saturated carbocycles. The largest absolute Gasteiger partial charge is 0.275 e. The highest BCUT2D eigenvalue weighted by molar-refractivity contribution is 5.79. The lowest BCUT2D eigenvalue weighted by molar-refractivity contribution is 0.340. The lowest BCUT2D eigenvalue weighted by Crippen LogP contribution is -2.35. The Hall–Kier alpha value is -1.71. The van der Waals surface area contributed by atoms with Crippen molar-refractivity contribution < 1.29 is 0 Å². The van der Waals surface area contributed by atoms with Crippen LogP contribution in [-0.4, -0.2) is 14.8 Å². The fourth-order valence-corrected chi connectivity index (χ4v) is 1.47. The Morgan fingerprint density at radius 3 is 2.67 bits per heavy atom. The van der Waals surface area contributed by atoms with Gasteiger partial charge in [-0.3, -0.25) is 9.78 Å². The number of hydrogen-bond donors (Lipinski definition) is 0. The minimum Gasteiger partial charge on any atom is -0.267 e. The summed E-state index contributed by atoms with van der Waals surface area (Å²) in [5.74, 6) is 0. The van der Waals surface area contributed by atoms with Gasteiger partial charge in [0.1, 0.15) is 0 Å². The number of hydrogen-bond acceptors (Lipinski definition) is 3. The first-order valence-electron chi connectivity index (χ1n) is 4.83. The number of pyridine rings is 1. The van der Waals surface area contributed by atoms with E-state index >= 15 is 0 Å². The van der Waals surface area contributed by atoms with E-state index in [1.54, 1.807) is 24.7 Å². The van der Waals surface area contributed by atoms with Gasteiger partial charge in [0.2, 0.25) is 0 Å². The Morgan fingerprint density at radius 1 is 1.27 bits per heavy atom. The van der Waals surface area contributed by atoms with Gasteiger partial charge in [0, 0.05) is 17.8 Å². The molecule has 0 aliphatic carbocycles. The van der Waals surface area contributed by atoms with Crippen LogP contribution in [0.5, 0.6) is 0 Å². The summed E-state index contributed by atoms with van der Waals surface area (Å²) in [5, 5.41) is 5.58. The average Bonchev–Trinajstić information content (AvgIpc) is 2.16. The number of rotatable bonds is 0. The minimum atomic E-state index is -0.297. The molecule has 2 aromatic heterocycles. The van der Waals surface area contributed by atoms with Gasteiger partial charge < -0.3 is 0 Å². The van der Waals surface area contributed by atoms with Crippen LogP contribution in [0.3, 0.4) is 0 Å². The summed E-state index contributed by atoms with van der Waals surface area (Å²) in [6.07, 6.45) is 4.95. The lowest BCUT2D eigenvalue weighted by Gasteiger charge is -2.20. The molecule has 2 rings (SSSR count). The molecule has 0 amide bonds. The van der Waals surface area contributed by atoms with Gasteiger partial charge in [0.25, 0.3) is 5.56 Å². The van der Waals surface area contributed by atoms with Crippen molar-refractivity contribution in [3.63, 3.8) is 0 Å². The highest BCUT2D eigenvalue weighted by Gasteiger charge is 2.16. The van der Waals surface area contributed by atoms with E-state index < -0.39 is 0 Å². The van der Waals surface area contributed by atoms with E-state index in [9.17, 15) is 4.79 Å². The second kappa shape index (κ2) is 3.15. The monoisotopic (exact) mass is 203 g/mol. The molecular weight excluding hydrogens is 190 g/mol. The molecule has 2 aromatic rings. The van der Waals surface area contributed by atoms with Crippen molar-refractivity contribution in [3.8, 4) is 0 Å². The van der Waals surface area contributed by atoms with Crippen LogP contribution in [0.25, 0.3) is 10.8 Å². The van der Waals surface area contributed by atoms with Crippen LogP contribution < -0.4 is 5.56 Å². The molecule has 0 radical (unpaired) electrons. The number of nitrogens with zero attached hydrogens (tertiary/aromatic N) is 3. The molecule has 0 N–H and O–H groups in total. The summed E-state index contributed by atoms with van der Waals surface area (Å²) < 4.78 is 1.50. The Labute approximate surface area is 87.6 Å². The van der Waals surface area contributed by atoms with Gasteiger partial charge in [0.05, 0.1) is 17.1 Å². The predicted molar refractivity (Wildman–Crippen MR) is 58.8 cm³/mol. The van der Waals surface area contributed by atoms with Crippen molar-refractivity contribution in [2.75, 3.05) is 0 Å². The van der Waals surface area contributed by atoms with Crippen molar-refractivity contribution in [2.24, 2.45) is 0 Å². The summed E-state index contributed by atoms with van der Waals surface area (Å²) >= 11 is 0. The van der Waals surface area contributed by atoms with E-state index in [4.69, 9.17) is 0 Å². The molecule has 0 fully saturated rings. The van der Waals surface area contributed by atoms with Gasteiger partial charge >= 0.3 is 0 Å². The Kier molecular flexibility index (Phi) is 2.07. The molecule has 78 valence electrons. The van der Waals surface area contributed by atoms with E-state index in [0.29, 0.717) is 5.39 Å². The molecule has 15 heavy (non-hydrogen) atoms. The third-order valence-electron chi connectivity index (χ3n) is 2.22. The Balaban J connectivity index is 2.83. The van der Waals surface area contributed by atoms with Crippen LogP contribution in [0, 0.1) is 0 Å². The highest BCUT2D eigenvalue weighted by atomic mass is 16.1. The van der Waals surface area contributed by atoms with E-state index in [2.05, 4.69) is 10.1 Å². The molecular formula is C11H13N3O. The highest BCUT2D eigenvalue weighted by Crippen LogP contribution is 2.11. The van der Waals surface area contributed by atoms with Crippen LogP contribution in [0.2, 0.25) is 0 Å². The normalized spacial score (nSPS) is 11.9. The van der Waals surface area contributed by atoms with Crippen molar-refractivity contribution in [2.45, 2.75) is 26.3 Å². The van der Waals surface area contributed by atoms with Gasteiger partial charge in [-0.1, -0.05) is 0 Å². The van der Waals surface area contributed by atoms with Gasteiger partial charge in [-0.2, -0.15) is 5.10 Å². The zero-order valence-electron chi connectivity index (χ0n) is 9.06. The lowest BCUT2D eigenvalue weighted by atomic mass is 10.1. The van der Waals surface area contributed by atoms with Crippen molar-refractivity contribution >= 4 is 10.8 Å². The molecule has 0 saturated heterocycles. The van der Waals surface area contributed by atoms with Crippen LogP contribution >= 0.6 is 0 Å². The Morgan fingerprint density at radius 2 is 2.00 bits per heavy atom. The second-order valence-corrected chi connectivity index (χ2v) is 4.50. The molecule has 0 aromatic carbocycles. The first kappa shape index (κ1) is 9.83. The standard InChI is InChI=1S/C11H13N3O/c1-11(2,3)14-10(15)9-4-5-12-6-8(9)7-13-14/h4-7H,1-3H3. The van der Waals surface area contributed by atoms with Crippen LogP contribution in [0.1, 0.15) is 20.8 Å². The molecule has 4 heteroatoms. The topological polar surface area (TPSA) is 47.8 Å². The summed E-state index contributed by atoms with van der Waals surface area (Å²) in [7, 11) is 0. The SMILES string of the molecule is CC(C)(C)n1ncc2cnccc2c1=O. The van der Waals surface area contributed by atoms with E-state index in [1.165, 1.54) is 4.68 Å². The number of fused-ring (bicyclic) bond motifs is 1. The molecule has 0 bridgehead atoms. The van der Waals surface area contributed by atoms with Crippen LogP contribution in [0.4, 0.5) is 0 Å². The summed E-state index contributed by atoms with van der Waals surface area (Å²) in [4.78, 5) is 16.0. The first-order chi connectivity index (χ1) is 7.00. The first-order valence-corrected chi connectivity index (χ1v) is 4.83. The zero-order valence-corrected chi connectivity index (χ0v) is 9.06. The third kappa shape index (κ3) is 1.63. The van der Waals surface area contributed by atoms with E-state index in [1.807, 2.05) is 20.8 Å². The van der Waals surface area contributed by atoms with Gasteiger partial charge in [0.15, 0.2) is 0 Å². The quantitative estimate of drug-likeness (QED) is 0.652. The summed E-state index contributed by atoms with van der Waals surface area (Å²) in [5.41, 5.74) is -0.364. The van der Waals surface area contributed by atoms with Crippen LogP contribution in [0.15, 0.2) is 29.5 Å². The molecule has 0 atom stereocenters. The van der Waals surface area contributed by atoms with Gasteiger partial charge in [-0.25, -0.2) is 4.68 Å². The fourth-order valence-electron chi connectivity index (χ4n) is 1.47. The van der Waals surface area contributed by atoms with Crippen LogP contribution in [-0.2, 0) is 5.54 Å². The maximum atomic E-state index is 12.0. The smallest absolute Gasteiger partial charge is 0.267 e. The molecule has 0 aliphatic rings. The Bertz CT molecular complexity index is 551. The maximum absolute atomic E-state index is 12.0. The van der Waals surface area contributed by atoms with Gasteiger partial charge in [-0.05, 0) is 26.8 Å². The zero-order chi connectivity index (χ0) is 11.1.